The first kappa shape index (κ1) is 21.3. The van der Waals surface area contributed by atoms with Crippen molar-refractivity contribution in [2.24, 2.45) is 0 Å². The number of hydrogen-bond acceptors (Lipinski definition) is 3. The van der Waals surface area contributed by atoms with E-state index >= 15 is 0 Å². The van der Waals surface area contributed by atoms with Crippen molar-refractivity contribution in [3.05, 3.63) is 64.5 Å². The van der Waals surface area contributed by atoms with Crippen LogP contribution in [0.2, 0.25) is 0 Å². The van der Waals surface area contributed by atoms with Crippen molar-refractivity contribution in [2.45, 2.75) is 66.2 Å². The van der Waals surface area contributed by atoms with Crippen LogP contribution in [0, 0.1) is 6.92 Å². The zero-order valence-corrected chi connectivity index (χ0v) is 18.4. The van der Waals surface area contributed by atoms with Crippen LogP contribution < -0.4 is 0 Å². The maximum atomic E-state index is 13.0. The van der Waals surface area contributed by atoms with Crippen molar-refractivity contribution in [1.82, 2.24) is 9.88 Å². The van der Waals surface area contributed by atoms with E-state index in [1.54, 1.807) is 6.08 Å². The fourth-order valence-corrected chi connectivity index (χ4v) is 4.38. The van der Waals surface area contributed by atoms with Crippen LogP contribution in [0.1, 0.15) is 72.8 Å². The Labute approximate surface area is 175 Å². The van der Waals surface area contributed by atoms with E-state index in [0.29, 0.717) is 0 Å². The number of nitrogens with zero attached hydrogens (tertiary/aromatic N) is 2. The number of pyridine rings is 1. The van der Waals surface area contributed by atoms with Gasteiger partial charge in [0.25, 0.3) is 0 Å². The van der Waals surface area contributed by atoms with E-state index in [1.165, 1.54) is 36.0 Å². The molecule has 1 aliphatic rings. The molecule has 1 aromatic heterocycles. The molecule has 0 bridgehead atoms. The quantitative estimate of drug-likeness (QED) is 0.434. The fourth-order valence-electron chi connectivity index (χ4n) is 4.38. The lowest BCUT2D eigenvalue weighted by Crippen LogP contribution is -2.24. The van der Waals surface area contributed by atoms with Crippen LogP contribution in [0.3, 0.4) is 0 Å². The Morgan fingerprint density at radius 2 is 1.62 bits per heavy atom. The standard InChI is InChI=1S/C26H34N2O/c1-5-20-12-11-13-21(6-2)26(20)23-18-22(7-3)25(19(4)27-23)24(29)14-17-28-15-9-8-10-16-28/h11-14,17-18H,5-10,15-16H2,1-4H3. The highest BCUT2D eigenvalue weighted by atomic mass is 16.1. The number of allylic oxidation sites excluding steroid dienone is 1. The normalized spacial score (nSPS) is 14.6. The number of carbonyl (C=O) groups excluding carboxylic acids is 1. The van der Waals surface area contributed by atoms with Crippen molar-refractivity contribution in [3.63, 3.8) is 0 Å². The van der Waals surface area contributed by atoms with Gasteiger partial charge in [0.2, 0.25) is 0 Å². The van der Waals surface area contributed by atoms with Gasteiger partial charge in [0.15, 0.2) is 5.78 Å². The van der Waals surface area contributed by atoms with Gasteiger partial charge in [0, 0.05) is 42.2 Å². The summed E-state index contributed by atoms with van der Waals surface area (Å²) in [4.78, 5) is 20.2. The highest BCUT2D eigenvalue weighted by molar-refractivity contribution is 6.06. The van der Waals surface area contributed by atoms with Gasteiger partial charge >= 0.3 is 0 Å². The van der Waals surface area contributed by atoms with Gasteiger partial charge in [-0.1, -0.05) is 39.0 Å². The molecule has 0 saturated carbocycles. The first-order valence-corrected chi connectivity index (χ1v) is 11.2. The van der Waals surface area contributed by atoms with Gasteiger partial charge in [0.05, 0.1) is 5.69 Å². The summed E-state index contributed by atoms with van der Waals surface area (Å²) in [5.74, 6) is 0.0727. The Morgan fingerprint density at radius 3 is 2.21 bits per heavy atom. The van der Waals surface area contributed by atoms with Gasteiger partial charge in [-0.25, -0.2) is 0 Å². The number of likely N-dealkylation sites (tertiary alicyclic amines) is 1. The molecule has 29 heavy (non-hydrogen) atoms. The van der Waals surface area contributed by atoms with Crippen molar-refractivity contribution in [1.29, 1.82) is 0 Å². The number of benzene rings is 1. The summed E-state index contributed by atoms with van der Waals surface area (Å²) in [5.41, 5.74) is 7.60. The van der Waals surface area contributed by atoms with E-state index in [4.69, 9.17) is 4.98 Å². The molecule has 1 aliphatic heterocycles. The van der Waals surface area contributed by atoms with Crippen molar-refractivity contribution in [3.8, 4) is 11.3 Å². The minimum absolute atomic E-state index is 0.0727. The zero-order valence-electron chi connectivity index (χ0n) is 18.4. The third kappa shape index (κ3) is 4.77. The second-order valence-electron chi connectivity index (χ2n) is 7.92. The maximum Gasteiger partial charge on any atom is 0.189 e. The summed E-state index contributed by atoms with van der Waals surface area (Å²) in [5, 5.41) is 0. The predicted octanol–water partition coefficient (Wildman–Crippen LogP) is 5.93. The molecule has 0 aliphatic carbocycles. The summed E-state index contributed by atoms with van der Waals surface area (Å²) in [6.07, 6.45) is 10.2. The summed E-state index contributed by atoms with van der Waals surface area (Å²) in [6.45, 7) is 10.6. The Hall–Kier alpha value is -2.42. The lowest BCUT2D eigenvalue weighted by molar-refractivity contribution is 0.104. The lowest BCUT2D eigenvalue weighted by Gasteiger charge is -2.24. The molecule has 3 heteroatoms. The number of carbonyl (C=O) groups is 1. The summed E-state index contributed by atoms with van der Waals surface area (Å²) < 4.78 is 0. The highest BCUT2D eigenvalue weighted by Crippen LogP contribution is 2.30. The van der Waals surface area contributed by atoms with Gasteiger partial charge in [-0.05, 0) is 68.2 Å². The average Bonchev–Trinajstić information content (AvgIpc) is 2.76. The molecular formula is C26H34N2O. The van der Waals surface area contributed by atoms with E-state index in [0.717, 1.165) is 54.9 Å². The molecule has 1 saturated heterocycles. The average molecular weight is 391 g/mol. The number of aromatic nitrogens is 1. The minimum atomic E-state index is 0.0727. The topological polar surface area (TPSA) is 33.2 Å². The minimum Gasteiger partial charge on any atom is -0.377 e. The van der Waals surface area contributed by atoms with Crippen molar-refractivity contribution < 1.29 is 4.79 Å². The number of hydrogen-bond donors (Lipinski definition) is 0. The molecule has 2 heterocycles. The second-order valence-corrected chi connectivity index (χ2v) is 7.92. The Balaban J connectivity index is 1.98. The van der Waals surface area contributed by atoms with Crippen LogP contribution >= 0.6 is 0 Å². The molecule has 0 amide bonds. The Kier molecular flexibility index (Phi) is 7.24. The summed E-state index contributed by atoms with van der Waals surface area (Å²) in [6, 6.07) is 8.66. The van der Waals surface area contributed by atoms with Gasteiger partial charge in [-0.3, -0.25) is 9.78 Å². The molecule has 1 aromatic carbocycles. The third-order valence-electron chi connectivity index (χ3n) is 5.99. The fraction of sp³-hybridized carbons (Fsp3) is 0.462. The van der Waals surface area contributed by atoms with Crippen LogP contribution in [0.25, 0.3) is 11.3 Å². The maximum absolute atomic E-state index is 13.0. The van der Waals surface area contributed by atoms with Crippen molar-refractivity contribution >= 4 is 5.78 Å². The van der Waals surface area contributed by atoms with E-state index in [2.05, 4.69) is 49.9 Å². The van der Waals surface area contributed by atoms with E-state index < -0.39 is 0 Å². The van der Waals surface area contributed by atoms with Crippen LogP contribution in [-0.2, 0) is 19.3 Å². The molecular weight excluding hydrogens is 356 g/mol. The number of ketones is 1. The largest absolute Gasteiger partial charge is 0.377 e. The van der Waals surface area contributed by atoms with Crippen LogP contribution in [0.5, 0.6) is 0 Å². The monoisotopic (exact) mass is 390 g/mol. The number of aryl methyl sites for hydroxylation is 4. The number of piperidine rings is 1. The molecule has 2 aromatic rings. The van der Waals surface area contributed by atoms with Crippen LogP contribution in [0.15, 0.2) is 36.5 Å². The van der Waals surface area contributed by atoms with E-state index in [9.17, 15) is 4.79 Å². The molecule has 0 unspecified atom stereocenters. The van der Waals surface area contributed by atoms with Crippen LogP contribution in [0.4, 0.5) is 0 Å². The summed E-state index contributed by atoms with van der Waals surface area (Å²) in [7, 11) is 0. The molecule has 3 rings (SSSR count). The zero-order chi connectivity index (χ0) is 20.8. The molecule has 0 atom stereocenters. The molecule has 0 radical (unpaired) electrons. The van der Waals surface area contributed by atoms with Gasteiger partial charge in [0.1, 0.15) is 0 Å². The van der Waals surface area contributed by atoms with Gasteiger partial charge in [-0.15, -0.1) is 0 Å². The molecule has 0 N–H and O–H groups in total. The number of rotatable bonds is 7. The van der Waals surface area contributed by atoms with Gasteiger partial charge < -0.3 is 4.90 Å². The molecule has 0 spiro atoms. The van der Waals surface area contributed by atoms with Crippen LogP contribution in [-0.4, -0.2) is 28.8 Å². The second kappa shape index (κ2) is 9.87. The lowest BCUT2D eigenvalue weighted by atomic mass is 9.91. The molecule has 154 valence electrons. The van der Waals surface area contributed by atoms with Crippen molar-refractivity contribution in [2.75, 3.05) is 13.1 Å². The van der Waals surface area contributed by atoms with Gasteiger partial charge in [-0.2, -0.15) is 0 Å². The predicted molar refractivity (Wildman–Crippen MR) is 121 cm³/mol. The smallest absolute Gasteiger partial charge is 0.189 e. The van der Waals surface area contributed by atoms with E-state index in [1.807, 2.05) is 13.1 Å². The first-order valence-electron chi connectivity index (χ1n) is 11.2. The molecule has 3 nitrogen and oxygen atoms in total. The summed E-state index contributed by atoms with van der Waals surface area (Å²) >= 11 is 0. The molecule has 1 fully saturated rings. The first-order chi connectivity index (χ1) is 14.1. The highest BCUT2D eigenvalue weighted by Gasteiger charge is 2.18. The third-order valence-corrected chi connectivity index (χ3v) is 5.99. The SMILES string of the molecule is CCc1cc(-c2c(CC)cccc2CC)nc(C)c1C(=O)C=CN1CCCCC1. The van der Waals surface area contributed by atoms with E-state index in [-0.39, 0.29) is 5.78 Å². The Morgan fingerprint density at radius 1 is 1.00 bits per heavy atom. The Bertz CT molecular complexity index is 870.